The van der Waals surface area contributed by atoms with Crippen LogP contribution in [0.4, 0.5) is 0 Å². The van der Waals surface area contributed by atoms with Crippen LogP contribution in [0.2, 0.25) is 10.0 Å². The summed E-state index contributed by atoms with van der Waals surface area (Å²) in [5.41, 5.74) is 0.139. The van der Waals surface area contributed by atoms with Crippen LogP contribution in [-0.4, -0.2) is 17.1 Å². The maximum Gasteiger partial charge on any atom is 0.255 e. The second kappa shape index (κ2) is 6.68. The number of halogens is 2. The van der Waals surface area contributed by atoms with E-state index >= 15 is 0 Å². The third-order valence-electron chi connectivity index (χ3n) is 4.03. The highest BCUT2D eigenvalue weighted by atomic mass is 35.5. The Hall–Kier alpha value is -0.930. The van der Waals surface area contributed by atoms with Crippen molar-refractivity contribution in [2.45, 2.75) is 45.1 Å². The molecule has 3 nitrogen and oxygen atoms in total. The molecule has 0 unspecified atom stereocenters. The molecule has 0 aromatic heterocycles. The van der Waals surface area contributed by atoms with Crippen LogP contribution in [0.3, 0.4) is 0 Å². The highest BCUT2D eigenvalue weighted by Crippen LogP contribution is 2.32. The van der Waals surface area contributed by atoms with E-state index in [1.54, 1.807) is 0 Å². The largest absolute Gasteiger partial charge is 0.506 e. The summed E-state index contributed by atoms with van der Waals surface area (Å²) in [6, 6.07) is 3.03. The number of aromatic hydroxyl groups is 1. The summed E-state index contributed by atoms with van der Waals surface area (Å²) < 4.78 is 0. The number of hydrogen-bond acceptors (Lipinski definition) is 2. The SMILES string of the molecule is CCC1CCC(NC(=O)c2cc(Cl)cc(Cl)c2O)CC1. The lowest BCUT2D eigenvalue weighted by Gasteiger charge is -2.28. The molecule has 0 spiro atoms. The standard InChI is InChI=1S/C15H19Cl2NO2/c1-2-9-3-5-11(6-4-9)18-15(20)12-7-10(16)8-13(17)14(12)19/h7-9,11,19H,2-6H2,1H3,(H,18,20). The molecule has 20 heavy (non-hydrogen) atoms. The quantitative estimate of drug-likeness (QED) is 0.868. The Balaban J connectivity index is 2.02. The van der Waals surface area contributed by atoms with Crippen LogP contribution in [0, 0.1) is 5.92 Å². The summed E-state index contributed by atoms with van der Waals surface area (Å²) in [6.07, 6.45) is 5.46. The number of rotatable bonds is 3. The topological polar surface area (TPSA) is 49.3 Å². The lowest BCUT2D eigenvalue weighted by molar-refractivity contribution is 0.0919. The van der Waals surface area contributed by atoms with E-state index in [1.807, 2.05) is 0 Å². The molecule has 1 saturated carbocycles. The third-order valence-corrected chi connectivity index (χ3v) is 4.54. The number of amides is 1. The highest BCUT2D eigenvalue weighted by Gasteiger charge is 2.23. The zero-order chi connectivity index (χ0) is 14.7. The van der Waals surface area contributed by atoms with E-state index in [1.165, 1.54) is 18.6 Å². The second-order valence-electron chi connectivity index (χ2n) is 5.38. The zero-order valence-corrected chi connectivity index (χ0v) is 13.0. The molecule has 1 fully saturated rings. The van der Waals surface area contributed by atoms with Crippen LogP contribution in [0.25, 0.3) is 0 Å². The Morgan fingerprint density at radius 2 is 1.95 bits per heavy atom. The molecule has 1 aliphatic carbocycles. The van der Waals surface area contributed by atoms with Gasteiger partial charge in [-0.05, 0) is 43.7 Å². The van der Waals surface area contributed by atoms with E-state index in [9.17, 15) is 9.90 Å². The third kappa shape index (κ3) is 3.58. The Bertz CT molecular complexity index is 497. The molecule has 2 N–H and O–H groups in total. The molecule has 5 heteroatoms. The number of nitrogens with one attached hydrogen (secondary N) is 1. The van der Waals surface area contributed by atoms with E-state index < -0.39 is 0 Å². The molecule has 0 radical (unpaired) electrons. The van der Waals surface area contributed by atoms with Crippen LogP contribution in [0.15, 0.2) is 12.1 Å². The number of phenols is 1. The minimum absolute atomic E-state index is 0.0948. The van der Waals surface area contributed by atoms with Gasteiger partial charge in [0.15, 0.2) is 0 Å². The second-order valence-corrected chi connectivity index (χ2v) is 6.23. The van der Waals surface area contributed by atoms with Crippen molar-refractivity contribution in [1.29, 1.82) is 0 Å². The van der Waals surface area contributed by atoms with Crippen LogP contribution in [0.1, 0.15) is 49.4 Å². The molecular weight excluding hydrogens is 297 g/mol. The summed E-state index contributed by atoms with van der Waals surface area (Å²) in [7, 11) is 0. The average Bonchev–Trinajstić information content (AvgIpc) is 2.43. The Labute approximate surface area is 129 Å². The van der Waals surface area contributed by atoms with E-state index in [0.29, 0.717) is 5.02 Å². The normalized spacial score (nSPS) is 22.6. The lowest BCUT2D eigenvalue weighted by atomic mass is 9.84. The number of carbonyl (C=O) groups is 1. The van der Waals surface area contributed by atoms with Gasteiger partial charge in [-0.25, -0.2) is 0 Å². The molecular formula is C15H19Cl2NO2. The van der Waals surface area contributed by atoms with Crippen molar-refractivity contribution in [2.24, 2.45) is 5.92 Å². The molecule has 1 aliphatic rings. The Kier molecular flexibility index (Phi) is 5.17. The molecule has 1 amide bonds. The fourth-order valence-electron chi connectivity index (χ4n) is 2.72. The van der Waals surface area contributed by atoms with E-state index in [4.69, 9.17) is 23.2 Å². The van der Waals surface area contributed by atoms with Crippen LogP contribution < -0.4 is 5.32 Å². The van der Waals surface area contributed by atoms with Gasteiger partial charge in [0.2, 0.25) is 0 Å². The minimum Gasteiger partial charge on any atom is -0.506 e. The Morgan fingerprint density at radius 3 is 2.55 bits per heavy atom. The average molecular weight is 316 g/mol. The monoisotopic (exact) mass is 315 g/mol. The number of benzene rings is 1. The number of phenolic OH excluding ortho intramolecular Hbond substituents is 1. The maximum absolute atomic E-state index is 12.2. The highest BCUT2D eigenvalue weighted by molar-refractivity contribution is 6.36. The summed E-state index contributed by atoms with van der Waals surface area (Å²) in [4.78, 5) is 12.2. The lowest BCUT2D eigenvalue weighted by Crippen LogP contribution is -2.37. The summed E-state index contributed by atoms with van der Waals surface area (Å²) in [5, 5.41) is 13.2. The first-order valence-corrected chi connectivity index (χ1v) is 7.75. The van der Waals surface area contributed by atoms with E-state index in [2.05, 4.69) is 12.2 Å². The van der Waals surface area contributed by atoms with Crippen LogP contribution in [-0.2, 0) is 0 Å². The fraction of sp³-hybridized carbons (Fsp3) is 0.533. The van der Waals surface area contributed by atoms with E-state index in [0.717, 1.165) is 31.6 Å². The number of carbonyl (C=O) groups excluding carboxylic acids is 1. The molecule has 0 heterocycles. The van der Waals surface area contributed by atoms with Crippen LogP contribution in [0.5, 0.6) is 5.75 Å². The van der Waals surface area contributed by atoms with Gasteiger partial charge in [0.05, 0.1) is 10.6 Å². The zero-order valence-electron chi connectivity index (χ0n) is 11.5. The Morgan fingerprint density at radius 1 is 1.30 bits per heavy atom. The van der Waals surface area contributed by atoms with Crippen molar-refractivity contribution >= 4 is 29.1 Å². The molecule has 0 atom stereocenters. The predicted octanol–water partition coefficient (Wildman–Crippen LogP) is 4.40. The fourth-order valence-corrected chi connectivity index (χ4v) is 3.21. The van der Waals surface area contributed by atoms with Gasteiger partial charge in [0.1, 0.15) is 5.75 Å². The van der Waals surface area contributed by atoms with Crippen LogP contribution >= 0.6 is 23.2 Å². The molecule has 0 bridgehead atoms. The molecule has 1 aromatic rings. The predicted molar refractivity (Wildman–Crippen MR) is 81.6 cm³/mol. The molecule has 1 aromatic carbocycles. The van der Waals surface area contributed by atoms with Gasteiger partial charge >= 0.3 is 0 Å². The summed E-state index contributed by atoms with van der Waals surface area (Å²) in [6.45, 7) is 2.20. The molecule has 0 aliphatic heterocycles. The van der Waals surface area contributed by atoms with Gasteiger partial charge < -0.3 is 10.4 Å². The van der Waals surface area contributed by atoms with Gasteiger partial charge in [-0.2, -0.15) is 0 Å². The summed E-state index contributed by atoms with van der Waals surface area (Å²) >= 11 is 11.7. The van der Waals surface area contributed by atoms with Crippen molar-refractivity contribution in [3.63, 3.8) is 0 Å². The first kappa shape index (κ1) is 15.5. The van der Waals surface area contributed by atoms with Crippen molar-refractivity contribution < 1.29 is 9.90 Å². The van der Waals surface area contributed by atoms with E-state index in [-0.39, 0.29) is 28.3 Å². The van der Waals surface area contributed by atoms with Gasteiger partial charge in [0.25, 0.3) is 5.91 Å². The van der Waals surface area contributed by atoms with Gasteiger partial charge in [0, 0.05) is 11.1 Å². The van der Waals surface area contributed by atoms with Gasteiger partial charge in [-0.3, -0.25) is 4.79 Å². The number of hydrogen-bond donors (Lipinski definition) is 2. The van der Waals surface area contributed by atoms with Crippen molar-refractivity contribution in [3.05, 3.63) is 27.7 Å². The van der Waals surface area contributed by atoms with Crippen molar-refractivity contribution in [3.8, 4) is 5.75 Å². The molecule has 110 valence electrons. The smallest absolute Gasteiger partial charge is 0.255 e. The van der Waals surface area contributed by atoms with Crippen molar-refractivity contribution in [2.75, 3.05) is 0 Å². The van der Waals surface area contributed by atoms with Gasteiger partial charge in [-0.15, -0.1) is 0 Å². The maximum atomic E-state index is 12.2. The first-order chi connectivity index (χ1) is 9.51. The minimum atomic E-state index is -0.313. The summed E-state index contributed by atoms with van der Waals surface area (Å²) in [5.74, 6) is 0.250. The van der Waals surface area contributed by atoms with Crippen molar-refractivity contribution in [1.82, 2.24) is 5.32 Å². The first-order valence-electron chi connectivity index (χ1n) is 7.00. The molecule has 2 rings (SSSR count). The van der Waals surface area contributed by atoms with Gasteiger partial charge in [-0.1, -0.05) is 36.5 Å². The molecule has 0 saturated heterocycles.